The van der Waals surface area contributed by atoms with Gasteiger partial charge < -0.3 is 19.1 Å². The predicted molar refractivity (Wildman–Crippen MR) is 120 cm³/mol. The van der Waals surface area contributed by atoms with Gasteiger partial charge in [0.2, 0.25) is 0 Å². The van der Waals surface area contributed by atoms with Crippen LogP contribution in [0.5, 0.6) is 0 Å². The van der Waals surface area contributed by atoms with Crippen LogP contribution < -0.4 is 0 Å². The smallest absolute Gasteiger partial charge is 0.411 e. The largest absolute Gasteiger partial charge is 0.464 e. The summed E-state index contributed by atoms with van der Waals surface area (Å²) >= 11 is 0. The molecule has 1 fully saturated rings. The highest BCUT2D eigenvalue weighted by Crippen LogP contribution is 2.31. The molecule has 1 aromatic carbocycles. The Hall–Kier alpha value is -2.77. The van der Waals surface area contributed by atoms with Crippen LogP contribution in [0.2, 0.25) is 0 Å². The summed E-state index contributed by atoms with van der Waals surface area (Å²) in [6, 6.07) is 9.35. The van der Waals surface area contributed by atoms with Gasteiger partial charge in [-0.15, -0.1) is 0 Å². The molecule has 1 atom stereocenters. The van der Waals surface area contributed by atoms with E-state index in [0.717, 1.165) is 5.56 Å². The summed E-state index contributed by atoms with van der Waals surface area (Å²) < 4.78 is 16.6. The highest BCUT2D eigenvalue weighted by Gasteiger charge is 2.53. The summed E-state index contributed by atoms with van der Waals surface area (Å²) in [5, 5.41) is 0. The van der Waals surface area contributed by atoms with Gasteiger partial charge in [-0.05, 0) is 54.0 Å². The van der Waals surface area contributed by atoms with Crippen LogP contribution >= 0.6 is 0 Å². The molecule has 8 heteroatoms. The van der Waals surface area contributed by atoms with Crippen molar-refractivity contribution in [2.24, 2.45) is 0 Å². The number of carbonyl (C=O) groups is 3. The number of carbonyl (C=O) groups excluding carboxylic acids is 3. The summed E-state index contributed by atoms with van der Waals surface area (Å²) in [5.74, 6) is -0.581. The maximum atomic E-state index is 13.4. The van der Waals surface area contributed by atoms with Crippen molar-refractivity contribution in [2.45, 2.75) is 71.6 Å². The van der Waals surface area contributed by atoms with E-state index >= 15 is 0 Å². The number of piperazine rings is 1. The van der Waals surface area contributed by atoms with Crippen LogP contribution in [0.4, 0.5) is 9.59 Å². The Kier molecular flexibility index (Phi) is 7.80. The van der Waals surface area contributed by atoms with Crippen LogP contribution in [0.3, 0.4) is 0 Å². The van der Waals surface area contributed by atoms with E-state index in [2.05, 4.69) is 0 Å². The molecular weight excluding hydrogens is 412 g/mol. The molecule has 32 heavy (non-hydrogen) atoms. The Bertz CT molecular complexity index is 812. The van der Waals surface area contributed by atoms with Crippen molar-refractivity contribution in [3.8, 4) is 0 Å². The number of ether oxygens (including phenoxy) is 3. The number of benzene rings is 1. The number of hydrogen-bond donors (Lipinski definition) is 0. The van der Waals surface area contributed by atoms with Gasteiger partial charge in [-0.1, -0.05) is 30.3 Å². The zero-order valence-electron chi connectivity index (χ0n) is 20.3. The molecule has 1 unspecified atom stereocenters. The minimum Gasteiger partial charge on any atom is -0.464 e. The number of esters is 1. The molecule has 0 bridgehead atoms. The molecule has 1 saturated heterocycles. The van der Waals surface area contributed by atoms with Crippen LogP contribution in [-0.4, -0.2) is 70.9 Å². The van der Waals surface area contributed by atoms with Gasteiger partial charge in [-0.25, -0.2) is 14.4 Å². The lowest BCUT2D eigenvalue weighted by atomic mass is 9.86. The van der Waals surface area contributed by atoms with Crippen LogP contribution in [0.15, 0.2) is 30.3 Å². The first-order chi connectivity index (χ1) is 14.8. The molecule has 0 radical (unpaired) electrons. The van der Waals surface area contributed by atoms with Gasteiger partial charge in [0, 0.05) is 19.5 Å². The average Bonchev–Trinajstić information content (AvgIpc) is 2.66. The van der Waals surface area contributed by atoms with Crippen molar-refractivity contribution < 1.29 is 28.6 Å². The maximum absolute atomic E-state index is 13.4. The van der Waals surface area contributed by atoms with Crippen LogP contribution in [0.25, 0.3) is 0 Å². The van der Waals surface area contributed by atoms with E-state index in [9.17, 15) is 14.4 Å². The number of amides is 2. The van der Waals surface area contributed by atoms with Crippen LogP contribution in [0, 0.1) is 0 Å². The summed E-state index contributed by atoms with van der Waals surface area (Å²) in [7, 11) is 0. The Morgan fingerprint density at radius 1 is 0.906 bits per heavy atom. The molecule has 0 saturated carbocycles. The molecule has 178 valence electrons. The summed E-state index contributed by atoms with van der Waals surface area (Å²) in [4.78, 5) is 42.3. The highest BCUT2D eigenvalue weighted by atomic mass is 16.6. The molecular formula is C24H36N2O6. The molecule has 1 aromatic rings. The lowest BCUT2D eigenvalue weighted by Gasteiger charge is -2.48. The molecule has 1 aliphatic heterocycles. The van der Waals surface area contributed by atoms with E-state index in [1.54, 1.807) is 48.5 Å². The lowest BCUT2D eigenvalue weighted by molar-refractivity contribution is -0.161. The van der Waals surface area contributed by atoms with E-state index in [1.807, 2.05) is 30.3 Å². The van der Waals surface area contributed by atoms with Crippen molar-refractivity contribution >= 4 is 18.2 Å². The second-order valence-electron chi connectivity index (χ2n) is 9.95. The molecule has 2 amide bonds. The predicted octanol–water partition coefficient (Wildman–Crippen LogP) is 4.02. The topological polar surface area (TPSA) is 85.4 Å². The summed E-state index contributed by atoms with van der Waals surface area (Å²) in [5.41, 5.74) is -2.05. The molecule has 0 aliphatic carbocycles. The summed E-state index contributed by atoms with van der Waals surface area (Å²) in [6.45, 7) is 12.8. The number of hydrogen-bond acceptors (Lipinski definition) is 6. The van der Waals surface area contributed by atoms with Crippen molar-refractivity contribution in [1.82, 2.24) is 9.80 Å². The Morgan fingerprint density at radius 3 is 2.00 bits per heavy atom. The van der Waals surface area contributed by atoms with Gasteiger partial charge in [0.15, 0.2) is 5.54 Å². The van der Waals surface area contributed by atoms with Gasteiger partial charge in [0.25, 0.3) is 0 Å². The normalized spacial score (nSPS) is 19.3. The third kappa shape index (κ3) is 6.61. The fourth-order valence-electron chi connectivity index (χ4n) is 3.58. The molecule has 8 nitrogen and oxygen atoms in total. The van der Waals surface area contributed by atoms with Crippen molar-refractivity contribution in [1.29, 1.82) is 0 Å². The SMILES string of the molecule is CCOC(=O)C1(Cc2ccccc2)CN(C(=O)OC(C)(C)C)CCN1C(=O)OC(C)(C)C. The van der Waals surface area contributed by atoms with E-state index < -0.39 is 34.9 Å². The van der Waals surface area contributed by atoms with Gasteiger partial charge in [0.1, 0.15) is 11.2 Å². The highest BCUT2D eigenvalue weighted by molar-refractivity contribution is 5.88. The van der Waals surface area contributed by atoms with E-state index in [-0.39, 0.29) is 32.7 Å². The fraction of sp³-hybridized carbons (Fsp3) is 0.625. The van der Waals surface area contributed by atoms with Gasteiger partial charge >= 0.3 is 18.2 Å². The van der Waals surface area contributed by atoms with Crippen molar-refractivity contribution in [3.63, 3.8) is 0 Å². The average molecular weight is 449 g/mol. The van der Waals surface area contributed by atoms with Gasteiger partial charge in [-0.2, -0.15) is 0 Å². The van der Waals surface area contributed by atoms with Crippen LogP contribution in [0.1, 0.15) is 54.0 Å². The minimum atomic E-state index is -1.45. The lowest BCUT2D eigenvalue weighted by Crippen LogP contribution is -2.70. The van der Waals surface area contributed by atoms with E-state index in [0.29, 0.717) is 0 Å². The molecule has 1 aliphatic rings. The zero-order chi connectivity index (χ0) is 24.2. The third-order valence-electron chi connectivity index (χ3n) is 4.82. The Labute approximate surface area is 190 Å². The fourth-order valence-corrected chi connectivity index (χ4v) is 3.58. The molecule has 1 heterocycles. The third-order valence-corrected chi connectivity index (χ3v) is 4.82. The second-order valence-corrected chi connectivity index (χ2v) is 9.95. The molecule has 0 N–H and O–H groups in total. The monoisotopic (exact) mass is 448 g/mol. The van der Waals surface area contributed by atoms with Crippen molar-refractivity contribution in [3.05, 3.63) is 35.9 Å². The Balaban J connectivity index is 2.50. The van der Waals surface area contributed by atoms with E-state index in [1.165, 1.54) is 9.80 Å². The van der Waals surface area contributed by atoms with Crippen molar-refractivity contribution in [2.75, 3.05) is 26.2 Å². The second kappa shape index (κ2) is 9.79. The first kappa shape index (κ1) is 25.5. The summed E-state index contributed by atoms with van der Waals surface area (Å²) in [6.07, 6.45) is -0.987. The van der Waals surface area contributed by atoms with Gasteiger partial charge in [0.05, 0.1) is 13.2 Å². The number of rotatable bonds is 4. The molecule has 0 spiro atoms. The van der Waals surface area contributed by atoms with E-state index in [4.69, 9.17) is 14.2 Å². The minimum absolute atomic E-state index is 0.0606. The quantitative estimate of drug-likeness (QED) is 0.511. The zero-order valence-corrected chi connectivity index (χ0v) is 20.3. The first-order valence-corrected chi connectivity index (χ1v) is 11.0. The molecule has 2 rings (SSSR count). The molecule has 0 aromatic heterocycles. The maximum Gasteiger partial charge on any atom is 0.411 e. The standard InChI is InChI=1S/C24H36N2O6/c1-8-30-19(27)24(16-18-12-10-9-11-13-18)17-25(20(28)31-22(2,3)4)14-15-26(24)21(29)32-23(5,6)7/h9-13H,8,14-17H2,1-7H3. The first-order valence-electron chi connectivity index (χ1n) is 11.0. The number of nitrogens with zero attached hydrogens (tertiary/aromatic N) is 2. The van der Waals surface area contributed by atoms with Crippen LogP contribution in [-0.2, 0) is 25.4 Å². The Morgan fingerprint density at radius 2 is 1.47 bits per heavy atom. The van der Waals surface area contributed by atoms with Gasteiger partial charge in [-0.3, -0.25) is 4.90 Å².